The summed E-state index contributed by atoms with van der Waals surface area (Å²) in [5.41, 5.74) is 1.34. The summed E-state index contributed by atoms with van der Waals surface area (Å²) in [5.74, 6) is 3.32. The van der Waals surface area contributed by atoms with Crippen molar-refractivity contribution >= 4 is 29.4 Å². The molecule has 0 aliphatic carbocycles. The number of hydrogen-bond acceptors (Lipinski definition) is 5. The first-order valence-corrected chi connectivity index (χ1v) is 11.6. The maximum atomic E-state index is 12.5. The molecular formula is C20H25N3O2S2. The van der Waals surface area contributed by atoms with E-state index in [1.807, 2.05) is 59.3 Å². The van der Waals surface area contributed by atoms with Crippen molar-refractivity contribution in [2.24, 2.45) is 0 Å². The molecule has 3 heterocycles. The van der Waals surface area contributed by atoms with Crippen molar-refractivity contribution in [2.45, 2.75) is 29.9 Å². The molecule has 0 bridgehead atoms. The summed E-state index contributed by atoms with van der Waals surface area (Å²) in [7, 11) is 0. The Kier molecular flexibility index (Phi) is 6.29. The van der Waals surface area contributed by atoms with Crippen LogP contribution in [0.15, 0.2) is 43.0 Å². The van der Waals surface area contributed by atoms with Crippen LogP contribution in [0.25, 0.3) is 0 Å². The summed E-state index contributed by atoms with van der Waals surface area (Å²) in [6.45, 7) is 1.67. The Labute approximate surface area is 168 Å². The molecule has 5 nitrogen and oxygen atoms in total. The highest BCUT2D eigenvalue weighted by atomic mass is 32.2. The number of nitrogens with zero attached hydrogens (tertiary/aromatic N) is 3. The maximum Gasteiger partial charge on any atom is 0.260 e. The van der Waals surface area contributed by atoms with Gasteiger partial charge in [-0.3, -0.25) is 4.79 Å². The summed E-state index contributed by atoms with van der Waals surface area (Å²) >= 11 is 4.03. The third-order valence-corrected chi connectivity index (χ3v) is 8.12. The largest absolute Gasteiger partial charge is 0.484 e. The van der Waals surface area contributed by atoms with Gasteiger partial charge in [-0.25, -0.2) is 4.98 Å². The Hall–Kier alpha value is -1.60. The van der Waals surface area contributed by atoms with E-state index in [1.165, 1.54) is 23.5 Å². The first-order valence-electron chi connectivity index (χ1n) is 9.51. The Balaban J connectivity index is 1.23. The Morgan fingerprint density at radius 3 is 2.56 bits per heavy atom. The van der Waals surface area contributed by atoms with Crippen molar-refractivity contribution in [3.05, 3.63) is 48.5 Å². The SMILES string of the molecule is O=C(COc1ccc(C2SCCCS2)cc1)N1CCC(n2ccnc2)CC1. The highest BCUT2D eigenvalue weighted by molar-refractivity contribution is 8.16. The third kappa shape index (κ3) is 4.82. The number of amides is 1. The molecule has 2 saturated heterocycles. The number of carbonyl (C=O) groups excluding carboxylic acids is 1. The quantitative estimate of drug-likeness (QED) is 0.755. The van der Waals surface area contributed by atoms with Crippen LogP contribution in [0.5, 0.6) is 5.75 Å². The molecule has 4 rings (SSSR count). The summed E-state index contributed by atoms with van der Waals surface area (Å²) in [6.07, 6.45) is 8.90. The van der Waals surface area contributed by atoms with E-state index in [0.717, 1.165) is 31.7 Å². The lowest BCUT2D eigenvalue weighted by atomic mass is 10.1. The molecule has 2 aliphatic rings. The molecule has 0 radical (unpaired) electrons. The maximum absolute atomic E-state index is 12.5. The Bertz CT molecular complexity index is 722. The van der Waals surface area contributed by atoms with Crippen LogP contribution >= 0.6 is 23.5 Å². The number of likely N-dealkylation sites (tertiary alicyclic amines) is 1. The second kappa shape index (κ2) is 9.06. The number of benzene rings is 1. The number of imidazole rings is 1. The molecule has 27 heavy (non-hydrogen) atoms. The van der Waals surface area contributed by atoms with Gasteiger partial charge >= 0.3 is 0 Å². The van der Waals surface area contributed by atoms with Crippen molar-refractivity contribution in [2.75, 3.05) is 31.2 Å². The number of aromatic nitrogens is 2. The minimum atomic E-state index is 0.0709. The van der Waals surface area contributed by atoms with Gasteiger partial charge < -0.3 is 14.2 Å². The lowest BCUT2D eigenvalue weighted by molar-refractivity contribution is -0.134. The molecule has 2 fully saturated rings. The lowest BCUT2D eigenvalue weighted by Crippen LogP contribution is -2.41. The van der Waals surface area contributed by atoms with Crippen molar-refractivity contribution in [1.29, 1.82) is 0 Å². The fraction of sp³-hybridized carbons (Fsp3) is 0.500. The minimum absolute atomic E-state index is 0.0709. The van der Waals surface area contributed by atoms with E-state index in [-0.39, 0.29) is 12.5 Å². The fourth-order valence-corrected chi connectivity index (χ4v) is 6.43. The predicted octanol–water partition coefficient (Wildman–Crippen LogP) is 3.99. The van der Waals surface area contributed by atoms with Crippen molar-refractivity contribution in [3.8, 4) is 5.75 Å². The van der Waals surface area contributed by atoms with E-state index < -0.39 is 0 Å². The highest BCUT2D eigenvalue weighted by Crippen LogP contribution is 2.43. The summed E-state index contributed by atoms with van der Waals surface area (Å²) in [4.78, 5) is 18.5. The van der Waals surface area contributed by atoms with Crippen LogP contribution in [0.1, 0.15) is 35.4 Å². The highest BCUT2D eigenvalue weighted by Gasteiger charge is 2.24. The van der Waals surface area contributed by atoms with Crippen LogP contribution in [0.4, 0.5) is 0 Å². The van der Waals surface area contributed by atoms with E-state index in [9.17, 15) is 4.79 Å². The van der Waals surface area contributed by atoms with E-state index in [4.69, 9.17) is 4.74 Å². The molecule has 1 amide bonds. The zero-order valence-corrected chi connectivity index (χ0v) is 17.0. The van der Waals surface area contributed by atoms with Gasteiger partial charge in [-0.15, -0.1) is 23.5 Å². The number of rotatable bonds is 5. The van der Waals surface area contributed by atoms with Crippen LogP contribution in [-0.4, -0.2) is 51.6 Å². The van der Waals surface area contributed by atoms with Gasteiger partial charge in [-0.1, -0.05) is 12.1 Å². The molecule has 2 aliphatic heterocycles. The number of carbonyl (C=O) groups is 1. The molecule has 0 atom stereocenters. The van der Waals surface area contributed by atoms with E-state index in [1.54, 1.807) is 0 Å². The molecule has 0 unspecified atom stereocenters. The van der Waals surface area contributed by atoms with Gasteiger partial charge in [0.15, 0.2) is 6.61 Å². The van der Waals surface area contributed by atoms with E-state index in [2.05, 4.69) is 21.7 Å². The number of hydrogen-bond donors (Lipinski definition) is 0. The standard InChI is InChI=1S/C20H25N3O2S2/c24-19(22-9-6-17(7-10-22)23-11-8-21-15-23)14-25-18-4-2-16(3-5-18)20-26-12-1-13-27-20/h2-5,8,11,15,17,20H,1,6-7,9-10,12-14H2. The van der Waals surface area contributed by atoms with Gasteiger partial charge in [0.1, 0.15) is 5.75 Å². The molecule has 0 N–H and O–H groups in total. The number of thioether (sulfide) groups is 2. The van der Waals surface area contributed by atoms with Crippen molar-refractivity contribution in [1.82, 2.24) is 14.5 Å². The van der Waals surface area contributed by atoms with Gasteiger partial charge in [0, 0.05) is 31.5 Å². The second-order valence-electron chi connectivity index (χ2n) is 6.91. The third-order valence-electron chi connectivity index (χ3n) is 5.11. The molecule has 0 spiro atoms. The first-order chi connectivity index (χ1) is 13.3. The van der Waals surface area contributed by atoms with Crippen LogP contribution in [0.2, 0.25) is 0 Å². The van der Waals surface area contributed by atoms with Gasteiger partial charge in [0.2, 0.25) is 0 Å². The summed E-state index contributed by atoms with van der Waals surface area (Å²) < 4.78 is 8.42. The molecule has 1 aromatic heterocycles. The van der Waals surface area contributed by atoms with E-state index >= 15 is 0 Å². The van der Waals surface area contributed by atoms with Gasteiger partial charge in [-0.05, 0) is 48.5 Å². The van der Waals surface area contributed by atoms with E-state index in [0.29, 0.717) is 10.6 Å². The van der Waals surface area contributed by atoms with Crippen molar-refractivity contribution in [3.63, 3.8) is 0 Å². The summed E-state index contributed by atoms with van der Waals surface area (Å²) in [6, 6.07) is 8.69. The fourth-order valence-electron chi connectivity index (χ4n) is 3.54. The minimum Gasteiger partial charge on any atom is -0.484 e. The van der Waals surface area contributed by atoms with Crippen LogP contribution in [0, 0.1) is 0 Å². The van der Waals surface area contributed by atoms with Crippen LogP contribution in [-0.2, 0) is 4.79 Å². The number of piperidine rings is 1. The Morgan fingerprint density at radius 2 is 1.89 bits per heavy atom. The predicted molar refractivity (Wildman–Crippen MR) is 111 cm³/mol. The average molecular weight is 404 g/mol. The lowest BCUT2D eigenvalue weighted by Gasteiger charge is -2.32. The normalized spacial score (nSPS) is 19.2. The smallest absolute Gasteiger partial charge is 0.260 e. The second-order valence-corrected chi connectivity index (χ2v) is 9.63. The molecular weight excluding hydrogens is 378 g/mol. The molecule has 1 aromatic carbocycles. The zero-order valence-electron chi connectivity index (χ0n) is 15.3. The first kappa shape index (κ1) is 18.7. The number of ether oxygens (including phenoxy) is 1. The Morgan fingerprint density at radius 1 is 1.15 bits per heavy atom. The zero-order chi connectivity index (χ0) is 18.5. The average Bonchev–Trinajstić information content (AvgIpc) is 3.28. The monoisotopic (exact) mass is 403 g/mol. The van der Waals surface area contributed by atoms with Gasteiger partial charge in [0.05, 0.1) is 10.9 Å². The summed E-state index contributed by atoms with van der Waals surface area (Å²) in [5, 5.41) is 0. The molecule has 7 heteroatoms. The molecule has 0 saturated carbocycles. The van der Waals surface area contributed by atoms with Gasteiger partial charge in [-0.2, -0.15) is 0 Å². The molecule has 2 aromatic rings. The molecule has 144 valence electrons. The van der Waals surface area contributed by atoms with Crippen molar-refractivity contribution < 1.29 is 9.53 Å². The van der Waals surface area contributed by atoms with Crippen LogP contribution < -0.4 is 4.74 Å². The van der Waals surface area contributed by atoms with Crippen LogP contribution in [0.3, 0.4) is 0 Å². The van der Waals surface area contributed by atoms with Gasteiger partial charge in [0.25, 0.3) is 5.91 Å². The topological polar surface area (TPSA) is 47.4 Å².